The van der Waals surface area contributed by atoms with Crippen molar-refractivity contribution in [3.8, 4) is 0 Å². The molecule has 2 aliphatic heterocycles. The van der Waals surface area contributed by atoms with Crippen LogP contribution in [0, 0.1) is 5.92 Å². The van der Waals surface area contributed by atoms with E-state index in [9.17, 15) is 54.2 Å². The fraction of sp³-hybridized carbons (Fsp3) is 0.583. The number of anilines is 1. The molecule has 7 nitrogen and oxygen atoms in total. The summed E-state index contributed by atoms with van der Waals surface area (Å²) in [4.78, 5) is 27.2. The van der Waals surface area contributed by atoms with Crippen molar-refractivity contribution in [1.29, 1.82) is 0 Å². The summed E-state index contributed by atoms with van der Waals surface area (Å²) in [6.45, 7) is 3.34. The Balaban J connectivity index is 1.70. The molecule has 0 bridgehead atoms. The van der Waals surface area contributed by atoms with E-state index in [1.165, 1.54) is 6.07 Å². The maximum Gasteiger partial charge on any atom is 0.434 e. The number of alkyl halides is 9. The smallest absolute Gasteiger partial charge is 0.434 e. The SMILES string of the molecule is C=C(C(=O)O)[C@H]1CCCN(c2cc(CN3CCN(C(=O)OC(C(F)(F)F)C(F)(F)F)CC3)cc(C(F)(F)F)c2)C1. The number of hydrogen-bond donors (Lipinski definition) is 1. The summed E-state index contributed by atoms with van der Waals surface area (Å²) in [5, 5.41) is 9.23. The van der Waals surface area contributed by atoms with Gasteiger partial charge in [0, 0.05) is 63.0 Å². The van der Waals surface area contributed by atoms with E-state index >= 15 is 0 Å². The molecule has 1 atom stereocenters. The lowest BCUT2D eigenvalue weighted by Gasteiger charge is -2.36. The number of nitrogens with zero attached hydrogens (tertiary/aromatic N) is 3. The number of halogens is 9. The fourth-order valence-corrected chi connectivity index (χ4v) is 4.62. The molecular formula is C24H26F9N3O4. The molecule has 0 saturated carbocycles. The van der Waals surface area contributed by atoms with E-state index in [1.807, 2.05) is 0 Å². The highest BCUT2D eigenvalue weighted by atomic mass is 19.4. The highest BCUT2D eigenvalue weighted by molar-refractivity contribution is 5.86. The van der Waals surface area contributed by atoms with Crippen LogP contribution in [-0.2, 0) is 22.3 Å². The average molecular weight is 591 g/mol. The highest BCUT2D eigenvalue weighted by Gasteiger charge is 2.60. The van der Waals surface area contributed by atoms with Gasteiger partial charge in [0.05, 0.1) is 5.56 Å². The van der Waals surface area contributed by atoms with Crippen LogP contribution in [0.5, 0.6) is 0 Å². The van der Waals surface area contributed by atoms with Gasteiger partial charge in [0.15, 0.2) is 0 Å². The number of carboxylic acid groups (broad SMARTS) is 1. The van der Waals surface area contributed by atoms with E-state index in [-0.39, 0.29) is 56.1 Å². The number of benzene rings is 1. The van der Waals surface area contributed by atoms with Crippen molar-refractivity contribution in [3.63, 3.8) is 0 Å². The molecule has 1 aromatic rings. The van der Waals surface area contributed by atoms with Crippen molar-refractivity contribution in [3.05, 3.63) is 41.5 Å². The number of carboxylic acids is 1. The van der Waals surface area contributed by atoms with Crippen LogP contribution in [-0.4, -0.2) is 84.7 Å². The normalized spacial score (nSPS) is 19.6. The van der Waals surface area contributed by atoms with Crippen molar-refractivity contribution in [2.24, 2.45) is 5.92 Å². The first kappa shape index (κ1) is 31.4. The average Bonchev–Trinajstić information content (AvgIpc) is 2.85. The molecule has 1 amide bonds. The molecule has 224 valence electrons. The molecule has 1 N–H and O–H groups in total. The molecule has 0 spiro atoms. The summed E-state index contributed by atoms with van der Waals surface area (Å²) in [6.07, 6.45) is -21.4. The number of rotatable bonds is 6. The van der Waals surface area contributed by atoms with E-state index in [1.54, 1.807) is 9.80 Å². The summed E-state index contributed by atoms with van der Waals surface area (Å²) >= 11 is 0. The van der Waals surface area contributed by atoms with E-state index in [0.717, 1.165) is 12.1 Å². The molecule has 0 radical (unpaired) electrons. The molecule has 2 fully saturated rings. The standard InChI is InChI=1S/C24H26F9N3O4/c1-14(19(37)38)16-3-2-4-36(13-16)18-10-15(9-17(11-18)22(25,26)27)12-34-5-7-35(8-6-34)21(39)40-20(23(28,29)30)24(31,32)33/h9-11,16,20H,1-8,12-13H2,(H,37,38)/t16-/m0/s1. The Hall–Kier alpha value is -3.17. The van der Waals surface area contributed by atoms with Gasteiger partial charge in [0.2, 0.25) is 0 Å². The minimum atomic E-state index is -5.85. The first-order chi connectivity index (χ1) is 18.4. The van der Waals surface area contributed by atoms with Gasteiger partial charge in [-0.1, -0.05) is 6.58 Å². The quantitative estimate of drug-likeness (QED) is 0.357. The van der Waals surface area contributed by atoms with Crippen LogP contribution in [0.3, 0.4) is 0 Å². The molecule has 3 rings (SSSR count). The zero-order valence-electron chi connectivity index (χ0n) is 20.9. The third kappa shape index (κ3) is 7.95. The molecular weight excluding hydrogens is 565 g/mol. The first-order valence-electron chi connectivity index (χ1n) is 12.1. The van der Waals surface area contributed by atoms with Crippen LogP contribution < -0.4 is 4.90 Å². The van der Waals surface area contributed by atoms with Gasteiger partial charge in [-0.25, -0.2) is 9.59 Å². The van der Waals surface area contributed by atoms with Gasteiger partial charge in [-0.3, -0.25) is 4.90 Å². The highest BCUT2D eigenvalue weighted by Crippen LogP contribution is 2.37. The zero-order valence-corrected chi connectivity index (χ0v) is 20.9. The van der Waals surface area contributed by atoms with E-state index < -0.39 is 48.2 Å². The topological polar surface area (TPSA) is 73.3 Å². The maximum absolute atomic E-state index is 13.7. The Morgan fingerprint density at radius 3 is 2.08 bits per heavy atom. The monoisotopic (exact) mass is 591 g/mol. The lowest BCUT2D eigenvalue weighted by atomic mass is 9.90. The van der Waals surface area contributed by atoms with Crippen molar-refractivity contribution in [1.82, 2.24) is 9.80 Å². The van der Waals surface area contributed by atoms with E-state index in [2.05, 4.69) is 11.3 Å². The van der Waals surface area contributed by atoms with E-state index in [0.29, 0.717) is 24.3 Å². The predicted molar refractivity (Wildman–Crippen MR) is 122 cm³/mol. The Bertz CT molecular complexity index is 1080. The lowest BCUT2D eigenvalue weighted by Crippen LogP contribution is -2.52. The summed E-state index contributed by atoms with van der Waals surface area (Å²) in [7, 11) is 0. The molecule has 16 heteroatoms. The molecule has 1 aromatic carbocycles. The van der Waals surface area contributed by atoms with Crippen LogP contribution in [0.4, 0.5) is 50.0 Å². The second-order valence-corrected chi connectivity index (χ2v) is 9.61. The molecule has 0 unspecified atom stereocenters. The van der Waals surface area contributed by atoms with Crippen LogP contribution in [0.25, 0.3) is 0 Å². The van der Waals surface area contributed by atoms with Crippen molar-refractivity contribution >= 4 is 17.7 Å². The maximum atomic E-state index is 13.7. The van der Waals surface area contributed by atoms with Gasteiger partial charge < -0.3 is 19.6 Å². The van der Waals surface area contributed by atoms with Gasteiger partial charge in [-0.2, -0.15) is 39.5 Å². The van der Waals surface area contributed by atoms with Crippen LogP contribution in [0.2, 0.25) is 0 Å². The number of carbonyl (C=O) groups excluding carboxylic acids is 1. The minimum absolute atomic E-state index is 0.0370. The summed E-state index contributed by atoms with van der Waals surface area (Å²) in [5.74, 6) is -1.64. The Labute approximate surface area is 222 Å². The fourth-order valence-electron chi connectivity index (χ4n) is 4.62. The number of ether oxygens (including phenoxy) is 1. The third-order valence-electron chi connectivity index (χ3n) is 6.71. The Morgan fingerprint density at radius 2 is 1.55 bits per heavy atom. The van der Waals surface area contributed by atoms with Crippen LogP contribution in [0.15, 0.2) is 30.4 Å². The van der Waals surface area contributed by atoms with Gasteiger partial charge in [0.25, 0.3) is 6.10 Å². The second-order valence-electron chi connectivity index (χ2n) is 9.61. The van der Waals surface area contributed by atoms with Crippen molar-refractivity contribution in [2.45, 2.75) is 44.0 Å². The molecule has 40 heavy (non-hydrogen) atoms. The lowest BCUT2D eigenvalue weighted by molar-refractivity contribution is -0.308. The van der Waals surface area contributed by atoms with Gasteiger partial charge >= 0.3 is 30.6 Å². The van der Waals surface area contributed by atoms with E-state index in [4.69, 9.17) is 0 Å². The van der Waals surface area contributed by atoms with Crippen molar-refractivity contribution < 1.29 is 58.9 Å². The van der Waals surface area contributed by atoms with Gasteiger partial charge in [-0.15, -0.1) is 0 Å². The van der Waals surface area contributed by atoms with Crippen LogP contribution >= 0.6 is 0 Å². The molecule has 2 saturated heterocycles. The number of piperidine rings is 1. The largest absolute Gasteiger partial charge is 0.478 e. The molecule has 0 aromatic heterocycles. The zero-order chi connectivity index (χ0) is 30.0. The second kappa shape index (κ2) is 11.7. The number of hydrogen-bond acceptors (Lipinski definition) is 5. The number of amides is 1. The molecule has 0 aliphatic carbocycles. The minimum Gasteiger partial charge on any atom is -0.478 e. The molecule has 2 aliphatic rings. The summed E-state index contributed by atoms with van der Waals surface area (Å²) < 4.78 is 121. The van der Waals surface area contributed by atoms with Crippen molar-refractivity contribution in [2.75, 3.05) is 44.2 Å². The summed E-state index contributed by atoms with van der Waals surface area (Å²) in [6, 6.07) is 3.40. The Kier molecular flexibility index (Phi) is 9.21. The third-order valence-corrected chi connectivity index (χ3v) is 6.71. The van der Waals surface area contributed by atoms with Gasteiger partial charge in [0.1, 0.15) is 0 Å². The Morgan fingerprint density at radius 1 is 0.950 bits per heavy atom. The van der Waals surface area contributed by atoms with Gasteiger partial charge in [-0.05, 0) is 36.6 Å². The number of piperazine rings is 1. The molecule has 2 heterocycles. The predicted octanol–water partition coefficient (Wildman–Crippen LogP) is 5.31. The number of carbonyl (C=O) groups is 2. The number of aliphatic carboxylic acids is 1. The van der Waals surface area contributed by atoms with Crippen LogP contribution in [0.1, 0.15) is 24.0 Å². The first-order valence-corrected chi connectivity index (χ1v) is 12.1. The summed E-state index contributed by atoms with van der Waals surface area (Å²) in [5.41, 5.74) is -0.522.